The minimum atomic E-state index is -0.311. The first-order valence-corrected chi connectivity index (χ1v) is 7.69. The van der Waals surface area contributed by atoms with Gasteiger partial charge in [0.2, 0.25) is 0 Å². The quantitative estimate of drug-likeness (QED) is 0.834. The zero-order valence-corrected chi connectivity index (χ0v) is 12.6. The highest BCUT2D eigenvalue weighted by Gasteiger charge is 2.23. The molecule has 2 unspecified atom stereocenters. The molecule has 3 nitrogen and oxygen atoms in total. The second kappa shape index (κ2) is 7.14. The Morgan fingerprint density at radius 3 is 2.70 bits per heavy atom. The highest BCUT2D eigenvalue weighted by atomic mass is 19.1. The van der Waals surface area contributed by atoms with Crippen molar-refractivity contribution >= 4 is 0 Å². The van der Waals surface area contributed by atoms with E-state index in [-0.39, 0.29) is 11.9 Å². The van der Waals surface area contributed by atoms with Crippen LogP contribution in [0.25, 0.3) is 0 Å². The average Bonchev–Trinajstić information content (AvgIpc) is 2.41. The first-order chi connectivity index (χ1) is 9.60. The van der Waals surface area contributed by atoms with Gasteiger partial charge in [-0.25, -0.2) is 4.39 Å². The molecule has 20 heavy (non-hydrogen) atoms. The molecule has 112 valence electrons. The Bertz CT molecular complexity index is 403. The Labute approximate surface area is 121 Å². The monoisotopic (exact) mass is 279 g/mol. The molecule has 0 radical (unpaired) electrons. The van der Waals surface area contributed by atoms with Gasteiger partial charge in [-0.3, -0.25) is 4.98 Å². The molecule has 0 aliphatic heterocycles. The number of hydrogen-bond donors (Lipinski definition) is 1. The zero-order valence-electron chi connectivity index (χ0n) is 12.6. The van der Waals surface area contributed by atoms with Gasteiger partial charge in [-0.1, -0.05) is 20.3 Å². The second-order valence-corrected chi connectivity index (χ2v) is 6.05. The fraction of sp³-hybridized carbons (Fsp3) is 0.688. The molecule has 1 aromatic heterocycles. The zero-order chi connectivity index (χ0) is 14.5. The van der Waals surface area contributed by atoms with Gasteiger partial charge in [-0.05, 0) is 43.4 Å². The smallest absolute Gasteiger partial charge is 0.141 e. The maximum atomic E-state index is 12.9. The molecule has 1 aliphatic rings. The molecule has 2 atom stereocenters. The Kier molecular flexibility index (Phi) is 5.49. The van der Waals surface area contributed by atoms with Crippen LogP contribution in [0.4, 0.5) is 4.39 Å². The Morgan fingerprint density at radius 1 is 1.45 bits per heavy atom. The highest BCUT2D eigenvalue weighted by Crippen LogP contribution is 2.28. The summed E-state index contributed by atoms with van der Waals surface area (Å²) in [5.41, 5.74) is 7.03. The number of nitrogens with two attached hydrogens (primary N) is 1. The van der Waals surface area contributed by atoms with Crippen molar-refractivity contribution in [3.8, 4) is 0 Å². The molecule has 0 bridgehead atoms. The molecule has 0 saturated heterocycles. The molecule has 2 N–H and O–H groups in total. The van der Waals surface area contributed by atoms with Crippen LogP contribution >= 0.6 is 0 Å². The molecule has 1 saturated carbocycles. The summed E-state index contributed by atoms with van der Waals surface area (Å²) in [5.74, 6) is 0.879. The number of nitrogens with zero attached hydrogens (tertiary/aromatic N) is 2. The number of halogens is 1. The molecule has 0 amide bonds. The minimum Gasteiger partial charge on any atom is -0.322 e. The SMILES string of the molecule is CCN(CC1CCC1)CC(C)C(N)c1ccc(F)cn1. The summed E-state index contributed by atoms with van der Waals surface area (Å²) in [6.07, 6.45) is 5.37. The third kappa shape index (κ3) is 4.00. The molecule has 0 spiro atoms. The Morgan fingerprint density at radius 2 is 2.20 bits per heavy atom. The van der Waals surface area contributed by atoms with Gasteiger partial charge in [0, 0.05) is 13.1 Å². The van der Waals surface area contributed by atoms with Crippen molar-refractivity contribution in [1.29, 1.82) is 0 Å². The molecule has 0 aromatic carbocycles. The van der Waals surface area contributed by atoms with Crippen LogP contribution in [0.15, 0.2) is 18.3 Å². The minimum absolute atomic E-state index is 0.133. The molecule has 2 rings (SSSR count). The fourth-order valence-corrected chi connectivity index (χ4v) is 2.77. The molecule has 4 heteroatoms. The number of hydrogen-bond acceptors (Lipinski definition) is 3. The third-order valence-corrected chi connectivity index (χ3v) is 4.44. The normalized spacial score (nSPS) is 18.9. The van der Waals surface area contributed by atoms with E-state index in [0.29, 0.717) is 5.92 Å². The largest absolute Gasteiger partial charge is 0.322 e. The van der Waals surface area contributed by atoms with Crippen molar-refractivity contribution in [3.63, 3.8) is 0 Å². The summed E-state index contributed by atoms with van der Waals surface area (Å²) in [7, 11) is 0. The summed E-state index contributed by atoms with van der Waals surface area (Å²) >= 11 is 0. The van der Waals surface area contributed by atoms with Gasteiger partial charge in [0.25, 0.3) is 0 Å². The van der Waals surface area contributed by atoms with E-state index in [1.807, 2.05) is 0 Å². The van der Waals surface area contributed by atoms with E-state index in [1.165, 1.54) is 38.1 Å². The summed E-state index contributed by atoms with van der Waals surface area (Å²) in [5, 5.41) is 0. The molecule has 1 aromatic rings. The maximum absolute atomic E-state index is 12.9. The van der Waals surface area contributed by atoms with E-state index in [4.69, 9.17) is 5.73 Å². The standard InChI is InChI=1S/C16H26FN3/c1-3-20(11-13-5-4-6-13)10-12(2)16(18)15-8-7-14(17)9-19-15/h7-9,12-13,16H,3-6,10-11,18H2,1-2H3. The van der Waals surface area contributed by atoms with Crippen molar-refractivity contribution < 1.29 is 4.39 Å². The lowest BCUT2D eigenvalue weighted by molar-refractivity contribution is 0.159. The van der Waals surface area contributed by atoms with Gasteiger partial charge >= 0.3 is 0 Å². The van der Waals surface area contributed by atoms with Crippen molar-refractivity contribution in [1.82, 2.24) is 9.88 Å². The predicted octanol–water partition coefficient (Wildman–Crippen LogP) is 2.98. The topological polar surface area (TPSA) is 42.1 Å². The molecule has 1 aliphatic carbocycles. The van der Waals surface area contributed by atoms with E-state index in [1.54, 1.807) is 6.07 Å². The van der Waals surface area contributed by atoms with Crippen LogP contribution in [0, 0.1) is 17.7 Å². The van der Waals surface area contributed by atoms with Gasteiger partial charge in [-0.15, -0.1) is 0 Å². The molecule has 1 heterocycles. The van der Waals surface area contributed by atoms with E-state index in [9.17, 15) is 4.39 Å². The summed E-state index contributed by atoms with van der Waals surface area (Å²) < 4.78 is 12.9. The van der Waals surface area contributed by atoms with Crippen LogP contribution < -0.4 is 5.73 Å². The third-order valence-electron chi connectivity index (χ3n) is 4.44. The number of rotatable bonds is 7. The average molecular weight is 279 g/mol. The van der Waals surface area contributed by atoms with Crippen LogP contribution in [0.5, 0.6) is 0 Å². The van der Waals surface area contributed by atoms with E-state index in [0.717, 1.165) is 24.7 Å². The van der Waals surface area contributed by atoms with Crippen LogP contribution in [0.2, 0.25) is 0 Å². The van der Waals surface area contributed by atoms with Crippen molar-refractivity contribution in [3.05, 3.63) is 29.8 Å². The van der Waals surface area contributed by atoms with Crippen molar-refractivity contribution in [2.75, 3.05) is 19.6 Å². The lowest BCUT2D eigenvalue weighted by Crippen LogP contribution is -2.38. The number of aromatic nitrogens is 1. The van der Waals surface area contributed by atoms with Crippen LogP contribution in [0.1, 0.15) is 44.8 Å². The first kappa shape index (κ1) is 15.4. The van der Waals surface area contributed by atoms with E-state index < -0.39 is 0 Å². The van der Waals surface area contributed by atoms with Gasteiger partial charge in [0.15, 0.2) is 0 Å². The highest BCUT2D eigenvalue weighted by molar-refractivity contribution is 5.10. The molecular weight excluding hydrogens is 253 g/mol. The van der Waals surface area contributed by atoms with Gasteiger partial charge < -0.3 is 10.6 Å². The summed E-state index contributed by atoms with van der Waals surface area (Å²) in [6.45, 7) is 7.58. The van der Waals surface area contributed by atoms with Gasteiger partial charge in [0.1, 0.15) is 5.82 Å². The first-order valence-electron chi connectivity index (χ1n) is 7.69. The van der Waals surface area contributed by atoms with Crippen LogP contribution in [-0.2, 0) is 0 Å². The number of pyridine rings is 1. The summed E-state index contributed by atoms with van der Waals surface area (Å²) in [4.78, 5) is 6.59. The molecule has 1 fully saturated rings. The second-order valence-electron chi connectivity index (χ2n) is 6.05. The lowest BCUT2D eigenvalue weighted by Gasteiger charge is -2.34. The van der Waals surface area contributed by atoms with Gasteiger partial charge in [0.05, 0.1) is 17.9 Å². The Balaban J connectivity index is 1.88. The van der Waals surface area contributed by atoms with E-state index in [2.05, 4.69) is 23.7 Å². The maximum Gasteiger partial charge on any atom is 0.141 e. The van der Waals surface area contributed by atoms with E-state index >= 15 is 0 Å². The van der Waals surface area contributed by atoms with Crippen LogP contribution in [0.3, 0.4) is 0 Å². The molecular formula is C16H26FN3. The van der Waals surface area contributed by atoms with Crippen molar-refractivity contribution in [2.45, 2.75) is 39.2 Å². The van der Waals surface area contributed by atoms with Crippen molar-refractivity contribution in [2.24, 2.45) is 17.6 Å². The predicted molar refractivity (Wildman–Crippen MR) is 79.7 cm³/mol. The lowest BCUT2D eigenvalue weighted by atomic mass is 9.85. The fourth-order valence-electron chi connectivity index (χ4n) is 2.77. The van der Waals surface area contributed by atoms with Gasteiger partial charge in [-0.2, -0.15) is 0 Å². The Hall–Kier alpha value is -1.00. The van der Waals surface area contributed by atoms with Crippen LogP contribution in [-0.4, -0.2) is 29.5 Å². The summed E-state index contributed by atoms with van der Waals surface area (Å²) in [6, 6.07) is 2.99.